The number of urea groups is 2. The maximum atomic E-state index is 13.4. The van der Waals surface area contributed by atoms with Gasteiger partial charge in [-0.05, 0) is 85.6 Å². The van der Waals surface area contributed by atoms with Crippen molar-refractivity contribution in [3.63, 3.8) is 0 Å². The van der Waals surface area contributed by atoms with Gasteiger partial charge < -0.3 is 9.80 Å². The zero-order chi connectivity index (χ0) is 59.0. The second-order valence-corrected chi connectivity index (χ2v) is 21.1. The lowest BCUT2D eigenvalue weighted by Gasteiger charge is -2.40. The topological polar surface area (TPSA) is 196 Å². The predicted octanol–water partition coefficient (Wildman–Crippen LogP) is 12.4. The van der Waals surface area contributed by atoms with Crippen LogP contribution < -0.4 is 9.80 Å². The molecular weight excluding hydrogens is 1120 g/mol. The quantitative estimate of drug-likeness (QED) is 0.134. The van der Waals surface area contributed by atoms with E-state index in [2.05, 4.69) is 18.4 Å². The first-order valence-corrected chi connectivity index (χ1v) is 25.1. The molecule has 6 rings (SSSR count). The van der Waals surface area contributed by atoms with Crippen molar-refractivity contribution in [1.29, 1.82) is 10.5 Å². The number of alkyl halides is 12. The summed E-state index contributed by atoms with van der Waals surface area (Å²) in [5, 5.41) is 18.6. The van der Waals surface area contributed by atoms with Crippen LogP contribution in [-0.4, -0.2) is 81.1 Å². The molecule has 0 spiro atoms. The molecule has 0 aromatic heterocycles. The zero-order valence-electron chi connectivity index (χ0n) is 40.5. The third kappa shape index (κ3) is 13.0. The van der Waals surface area contributed by atoms with Gasteiger partial charge in [0.1, 0.15) is 0 Å². The summed E-state index contributed by atoms with van der Waals surface area (Å²) < 4.78 is 189. The lowest BCUT2D eigenvalue weighted by molar-refractivity contribution is -0.169. The monoisotopic (exact) mass is 1150 g/mol. The Morgan fingerprint density at radius 1 is 0.582 bits per heavy atom. The van der Waals surface area contributed by atoms with Gasteiger partial charge in [0.25, 0.3) is 0 Å². The van der Waals surface area contributed by atoms with Gasteiger partial charge >= 0.3 is 48.6 Å². The van der Waals surface area contributed by atoms with Crippen LogP contribution in [0.25, 0.3) is 9.69 Å². The first kappa shape index (κ1) is 62.8. The Kier molecular flexibility index (Phi) is 18.0. The van der Waals surface area contributed by atoms with Crippen molar-refractivity contribution in [1.82, 2.24) is 9.80 Å². The third-order valence-corrected chi connectivity index (χ3v) is 14.9. The number of hydrogen-bond acceptors (Lipinski definition) is 8. The molecule has 30 heteroatoms. The lowest BCUT2D eigenvalue weighted by atomic mass is 9.97. The van der Waals surface area contributed by atoms with Crippen molar-refractivity contribution in [2.24, 2.45) is 8.73 Å². The van der Waals surface area contributed by atoms with E-state index in [1.807, 2.05) is 0 Å². The van der Waals surface area contributed by atoms with Crippen LogP contribution in [0.2, 0.25) is 0 Å². The number of nitrogens with zero attached hydrogens (tertiary/aromatic N) is 10. The number of rotatable bonds is 6. The Labute approximate surface area is 443 Å². The van der Waals surface area contributed by atoms with Gasteiger partial charge in [0.15, 0.2) is 0 Å². The molecule has 0 unspecified atom stereocenters. The standard InChI is InChI=1S/2C24H17F6N5O3S.CH4/c2*1-13-19(32-2)20(34(3)22(37)35(13)16-7-5-6-15(11-16)23(25,26)27)17-9-8-14(12-31)10-18(17)39(4,38)33-21(36)24(28,29)30;/h2*5-11,20H,1,3-4H3;1H4/t20-,39+;20-,39-;/m11./s1. The van der Waals surface area contributed by atoms with E-state index in [0.29, 0.717) is 12.1 Å². The molecule has 0 fully saturated rings. The molecule has 0 saturated heterocycles. The number of nitriles is 2. The van der Waals surface area contributed by atoms with Gasteiger partial charge in [-0.1, -0.05) is 31.7 Å². The summed E-state index contributed by atoms with van der Waals surface area (Å²) in [7, 11) is -5.99. The van der Waals surface area contributed by atoms with Gasteiger partial charge in [-0.2, -0.15) is 63.2 Å². The van der Waals surface area contributed by atoms with Crippen LogP contribution in [0.1, 0.15) is 66.7 Å². The van der Waals surface area contributed by atoms with E-state index >= 15 is 0 Å². The largest absolute Gasteiger partial charge is 0.474 e. The lowest BCUT2D eigenvalue weighted by Crippen LogP contribution is -2.47. The summed E-state index contributed by atoms with van der Waals surface area (Å²) >= 11 is 0. The summed E-state index contributed by atoms with van der Waals surface area (Å²) in [6.45, 7) is 18.0. The molecule has 0 saturated carbocycles. The average Bonchev–Trinajstić information content (AvgIpc) is 3.39. The minimum Gasteiger partial charge on any atom is -0.325 e. The van der Waals surface area contributed by atoms with E-state index in [9.17, 15) is 90.8 Å². The number of carbonyl (C=O) groups is 4. The van der Waals surface area contributed by atoms with Crippen molar-refractivity contribution in [3.8, 4) is 12.1 Å². The fourth-order valence-corrected chi connectivity index (χ4v) is 10.9. The summed E-state index contributed by atoms with van der Waals surface area (Å²) in [5.41, 5.74) is -3.82. The molecule has 416 valence electrons. The first-order chi connectivity index (χ1) is 35.9. The molecule has 79 heavy (non-hydrogen) atoms. The molecule has 0 N–H and O–H groups in total. The summed E-state index contributed by atoms with van der Waals surface area (Å²) in [6, 6.07) is 13.1. The summed E-state index contributed by atoms with van der Waals surface area (Å²) in [6.07, 6.45) is -18.8. The van der Waals surface area contributed by atoms with Crippen LogP contribution in [-0.2, 0) is 41.4 Å². The minimum atomic E-state index is -5.44. The number of benzene rings is 4. The molecule has 2 aliphatic rings. The number of allylic oxidation sites excluding steroid dienone is 2. The van der Waals surface area contributed by atoms with Gasteiger partial charge in [-0.25, -0.2) is 27.7 Å². The smallest absolute Gasteiger partial charge is 0.325 e. The highest BCUT2D eigenvalue weighted by Crippen LogP contribution is 2.45. The second-order valence-electron chi connectivity index (χ2n) is 16.6. The summed E-state index contributed by atoms with van der Waals surface area (Å²) in [4.78, 5) is 59.3. The number of anilines is 2. The Balaban J connectivity index is 0.000000336. The molecule has 6 amide bonds. The number of carbonyl (C=O) groups excluding carboxylic acids is 4. The van der Waals surface area contributed by atoms with Crippen LogP contribution >= 0.6 is 0 Å². The molecule has 4 aromatic rings. The highest BCUT2D eigenvalue weighted by atomic mass is 32.2. The SMILES string of the molecule is C.[C-]#[N+]C1=C(C)N(c2cccc(C(F)(F)F)c2)C(=O)N(C)[C@@H]1c1ccc(C#N)cc1[S@@](C)(=O)=NC(=O)C(F)(F)F.[C-]#[N+]C1=C(C)N(c2cccc(C(F)(F)F)c2)C(=O)N(C)[C@@H]1c1ccc(C#N)cc1[S@](C)(=O)=NC(=O)C(F)(F)F. The Morgan fingerprint density at radius 2 is 0.899 bits per heavy atom. The molecule has 0 aliphatic carbocycles. The van der Waals surface area contributed by atoms with Gasteiger partial charge in [-0.15, -0.1) is 8.73 Å². The maximum Gasteiger partial charge on any atom is 0.474 e. The number of hydrogen-bond donors (Lipinski definition) is 0. The van der Waals surface area contributed by atoms with E-state index in [1.165, 1.54) is 52.2 Å². The van der Waals surface area contributed by atoms with E-state index in [0.717, 1.165) is 80.6 Å². The van der Waals surface area contributed by atoms with Crippen molar-refractivity contribution in [2.75, 3.05) is 36.4 Å². The van der Waals surface area contributed by atoms with Crippen molar-refractivity contribution >= 4 is 54.7 Å². The van der Waals surface area contributed by atoms with Crippen LogP contribution in [0.5, 0.6) is 0 Å². The Bertz CT molecular complexity index is 3450. The molecule has 0 bridgehead atoms. The van der Waals surface area contributed by atoms with Crippen LogP contribution in [0.4, 0.5) is 73.6 Å². The fraction of sp³-hybridized carbons (Fsp3) is 0.265. The molecule has 16 nitrogen and oxygen atoms in total. The Morgan fingerprint density at radius 3 is 1.16 bits per heavy atom. The average molecular weight is 1160 g/mol. The van der Waals surface area contributed by atoms with E-state index in [1.54, 1.807) is 12.1 Å². The normalized spacial score (nSPS) is 17.6. The molecule has 4 aromatic carbocycles. The fourth-order valence-electron chi connectivity index (χ4n) is 7.90. The number of amides is 6. The van der Waals surface area contributed by atoms with Crippen LogP contribution in [0, 0.1) is 35.8 Å². The molecule has 2 heterocycles. The van der Waals surface area contributed by atoms with Crippen molar-refractivity contribution in [3.05, 3.63) is 164 Å². The molecular formula is C49H38F12N10O6S2. The Hall–Kier alpha value is -8.74. The third-order valence-electron chi connectivity index (χ3n) is 11.5. The zero-order valence-corrected chi connectivity index (χ0v) is 42.1. The van der Waals surface area contributed by atoms with Crippen LogP contribution in [0.15, 0.2) is 126 Å². The molecule has 2 aliphatic heterocycles. The second kappa shape index (κ2) is 22.7. The minimum absolute atomic E-state index is 0. The summed E-state index contributed by atoms with van der Waals surface area (Å²) in [5.74, 6) is -5.27. The molecule has 4 atom stereocenters. The van der Waals surface area contributed by atoms with Gasteiger partial charge in [0.2, 0.25) is 11.4 Å². The van der Waals surface area contributed by atoms with Crippen molar-refractivity contribution < 1.29 is 80.3 Å². The van der Waals surface area contributed by atoms with Crippen LogP contribution in [0.3, 0.4) is 0 Å². The van der Waals surface area contributed by atoms with E-state index < -0.39 is 101 Å². The van der Waals surface area contributed by atoms with Gasteiger partial charge in [-0.3, -0.25) is 19.4 Å². The van der Waals surface area contributed by atoms with E-state index in [4.69, 9.17) is 13.1 Å². The number of likely N-dealkylation sites (N-methyl/N-ethyl adjacent to an activating group) is 2. The van der Waals surface area contributed by atoms with Gasteiger partial charge in [0.05, 0.1) is 88.9 Å². The predicted molar refractivity (Wildman–Crippen MR) is 259 cm³/mol. The highest BCUT2D eigenvalue weighted by molar-refractivity contribution is 7.93. The van der Waals surface area contributed by atoms with Crippen molar-refractivity contribution in [2.45, 2.75) is 67.9 Å². The highest BCUT2D eigenvalue weighted by Gasteiger charge is 2.45. The van der Waals surface area contributed by atoms with E-state index in [-0.39, 0.29) is 63.8 Å². The number of halogens is 12. The molecule has 0 radical (unpaired) electrons. The maximum absolute atomic E-state index is 13.4. The first-order valence-electron chi connectivity index (χ1n) is 21.3. The van der Waals surface area contributed by atoms with Gasteiger partial charge in [0, 0.05) is 49.4 Å².